The van der Waals surface area contributed by atoms with Gasteiger partial charge in [0.05, 0.1) is 0 Å². The molecule has 0 rings (SSSR count). The second-order valence-electron chi connectivity index (χ2n) is 3.10. The Bertz CT molecular complexity index is 185. The van der Waals surface area contributed by atoms with Gasteiger partial charge in [-0.1, -0.05) is 5.92 Å². The lowest BCUT2D eigenvalue weighted by atomic mass is 9.86. The highest BCUT2D eigenvalue weighted by molar-refractivity contribution is 5.47. The molecule has 1 atom stereocenters. The van der Waals surface area contributed by atoms with Crippen molar-refractivity contribution in [1.82, 2.24) is 5.32 Å². The first-order valence-electron chi connectivity index (χ1n) is 3.68. The summed E-state index contributed by atoms with van der Waals surface area (Å²) in [7, 11) is 0. The topological polar surface area (TPSA) is 29.1 Å². The molecule has 1 N–H and O–H groups in total. The van der Waals surface area contributed by atoms with Gasteiger partial charge in [0.1, 0.15) is 0 Å². The van der Waals surface area contributed by atoms with Gasteiger partial charge in [0.25, 0.3) is 0 Å². The molecular formula is C9H15NO. The molecule has 0 aliphatic rings. The molecule has 0 saturated carbocycles. The second-order valence-corrected chi connectivity index (χ2v) is 3.10. The van der Waals surface area contributed by atoms with E-state index < -0.39 is 0 Å². The van der Waals surface area contributed by atoms with Gasteiger partial charge in [-0.05, 0) is 27.7 Å². The number of nitrogens with one attached hydrogen (secondary N) is 1. The lowest BCUT2D eigenvalue weighted by molar-refractivity contribution is -0.110. The van der Waals surface area contributed by atoms with Gasteiger partial charge in [0.2, 0.25) is 6.41 Å². The Morgan fingerprint density at radius 3 is 2.45 bits per heavy atom. The smallest absolute Gasteiger partial charge is 0.207 e. The molecule has 11 heavy (non-hydrogen) atoms. The predicted molar refractivity (Wildman–Crippen MR) is 45.9 cm³/mol. The first-order chi connectivity index (χ1) is 5.04. The summed E-state index contributed by atoms with van der Waals surface area (Å²) in [5, 5.41) is 2.69. The maximum absolute atomic E-state index is 10.1. The summed E-state index contributed by atoms with van der Waals surface area (Å²) in [5.74, 6) is 5.88. The van der Waals surface area contributed by atoms with Crippen LogP contribution >= 0.6 is 0 Å². The SMILES string of the molecule is CC#CC(C)(C)C(C)NC=O. The fraction of sp³-hybridized carbons (Fsp3) is 0.667. The average Bonchev–Trinajstić information content (AvgIpc) is 1.88. The van der Waals surface area contributed by atoms with Crippen molar-refractivity contribution in [3.05, 3.63) is 0 Å². The minimum absolute atomic E-state index is 0.0902. The van der Waals surface area contributed by atoms with Crippen molar-refractivity contribution < 1.29 is 4.79 Å². The van der Waals surface area contributed by atoms with Crippen molar-refractivity contribution >= 4 is 6.41 Å². The van der Waals surface area contributed by atoms with E-state index in [1.165, 1.54) is 0 Å². The maximum Gasteiger partial charge on any atom is 0.207 e. The third kappa shape index (κ3) is 3.08. The molecule has 2 nitrogen and oxygen atoms in total. The molecule has 0 aliphatic carbocycles. The van der Waals surface area contributed by atoms with Crippen LogP contribution in [0.3, 0.4) is 0 Å². The molecule has 0 aromatic carbocycles. The van der Waals surface area contributed by atoms with Gasteiger partial charge in [-0.25, -0.2) is 0 Å². The lowest BCUT2D eigenvalue weighted by Gasteiger charge is -2.25. The number of hydrogen-bond acceptors (Lipinski definition) is 1. The summed E-state index contributed by atoms with van der Waals surface area (Å²) in [6, 6.07) is 0.0902. The van der Waals surface area contributed by atoms with E-state index in [4.69, 9.17) is 0 Å². The van der Waals surface area contributed by atoms with Crippen molar-refractivity contribution in [2.75, 3.05) is 0 Å². The Morgan fingerprint density at radius 1 is 1.55 bits per heavy atom. The van der Waals surface area contributed by atoms with Crippen molar-refractivity contribution in [3.63, 3.8) is 0 Å². The predicted octanol–water partition coefficient (Wildman–Crippen LogP) is 1.17. The largest absolute Gasteiger partial charge is 0.355 e. The van der Waals surface area contributed by atoms with E-state index in [-0.39, 0.29) is 11.5 Å². The van der Waals surface area contributed by atoms with E-state index in [1.54, 1.807) is 6.92 Å². The van der Waals surface area contributed by atoms with Crippen LogP contribution in [0.2, 0.25) is 0 Å². The zero-order chi connectivity index (χ0) is 8.91. The summed E-state index contributed by atoms with van der Waals surface area (Å²) in [4.78, 5) is 10.1. The molecule has 0 aromatic heterocycles. The van der Waals surface area contributed by atoms with E-state index in [1.807, 2.05) is 20.8 Å². The molecular weight excluding hydrogens is 138 g/mol. The molecule has 2 heteroatoms. The van der Waals surface area contributed by atoms with Gasteiger partial charge < -0.3 is 5.32 Å². The monoisotopic (exact) mass is 153 g/mol. The van der Waals surface area contributed by atoms with Crippen LogP contribution in [0, 0.1) is 17.3 Å². The molecule has 0 bridgehead atoms. The Balaban J connectivity index is 4.23. The molecule has 62 valence electrons. The number of amides is 1. The van der Waals surface area contributed by atoms with Crippen LogP contribution in [0.25, 0.3) is 0 Å². The Hall–Kier alpha value is -0.970. The molecule has 0 fully saturated rings. The van der Waals surface area contributed by atoms with E-state index in [0.29, 0.717) is 6.41 Å². The van der Waals surface area contributed by atoms with Crippen LogP contribution in [0.1, 0.15) is 27.7 Å². The Morgan fingerprint density at radius 2 is 2.09 bits per heavy atom. The number of rotatable bonds is 3. The van der Waals surface area contributed by atoms with Crippen molar-refractivity contribution in [2.24, 2.45) is 5.41 Å². The summed E-state index contributed by atoms with van der Waals surface area (Å²) in [5.41, 5.74) is -0.143. The zero-order valence-electron chi connectivity index (χ0n) is 7.56. The number of carbonyl (C=O) groups excluding carboxylic acids is 1. The highest BCUT2D eigenvalue weighted by Gasteiger charge is 2.22. The van der Waals surface area contributed by atoms with E-state index in [9.17, 15) is 4.79 Å². The van der Waals surface area contributed by atoms with Gasteiger partial charge in [-0.2, -0.15) is 0 Å². The van der Waals surface area contributed by atoms with Crippen LogP contribution in [0.15, 0.2) is 0 Å². The van der Waals surface area contributed by atoms with Gasteiger partial charge in [0, 0.05) is 11.5 Å². The molecule has 0 aliphatic heterocycles. The third-order valence-corrected chi connectivity index (χ3v) is 1.85. The van der Waals surface area contributed by atoms with Gasteiger partial charge >= 0.3 is 0 Å². The van der Waals surface area contributed by atoms with Crippen LogP contribution in [-0.4, -0.2) is 12.5 Å². The van der Waals surface area contributed by atoms with Crippen molar-refractivity contribution in [1.29, 1.82) is 0 Å². The summed E-state index contributed by atoms with van der Waals surface area (Å²) in [6.45, 7) is 7.75. The van der Waals surface area contributed by atoms with Crippen LogP contribution in [-0.2, 0) is 4.79 Å². The summed E-state index contributed by atoms with van der Waals surface area (Å²) in [6.07, 6.45) is 0.712. The zero-order valence-corrected chi connectivity index (χ0v) is 7.56. The van der Waals surface area contributed by atoms with Gasteiger partial charge in [0.15, 0.2) is 0 Å². The van der Waals surface area contributed by atoms with E-state index in [2.05, 4.69) is 17.2 Å². The minimum Gasteiger partial charge on any atom is -0.355 e. The fourth-order valence-electron chi connectivity index (χ4n) is 0.741. The molecule has 1 amide bonds. The fourth-order valence-corrected chi connectivity index (χ4v) is 0.741. The van der Waals surface area contributed by atoms with Gasteiger partial charge in [-0.15, -0.1) is 5.92 Å². The normalized spacial score (nSPS) is 12.7. The summed E-state index contributed by atoms with van der Waals surface area (Å²) < 4.78 is 0. The van der Waals surface area contributed by atoms with Crippen LogP contribution < -0.4 is 5.32 Å². The second kappa shape index (κ2) is 4.02. The highest BCUT2D eigenvalue weighted by atomic mass is 16.1. The van der Waals surface area contributed by atoms with E-state index >= 15 is 0 Å². The molecule has 0 radical (unpaired) electrons. The molecule has 1 unspecified atom stereocenters. The Kier molecular flexibility index (Phi) is 3.67. The van der Waals surface area contributed by atoms with Crippen molar-refractivity contribution in [2.45, 2.75) is 33.7 Å². The third-order valence-electron chi connectivity index (χ3n) is 1.85. The minimum atomic E-state index is -0.143. The lowest BCUT2D eigenvalue weighted by Crippen LogP contribution is -2.37. The quantitative estimate of drug-likeness (QED) is 0.478. The van der Waals surface area contributed by atoms with Crippen molar-refractivity contribution in [3.8, 4) is 11.8 Å². The average molecular weight is 153 g/mol. The first kappa shape index (κ1) is 10.0. The maximum atomic E-state index is 10.1. The molecule has 0 aromatic rings. The molecule has 0 saturated heterocycles. The molecule has 0 spiro atoms. The van der Waals surface area contributed by atoms with Crippen LogP contribution in [0.4, 0.5) is 0 Å². The highest BCUT2D eigenvalue weighted by Crippen LogP contribution is 2.18. The standard InChI is InChI=1S/C9H15NO/c1-5-6-9(3,4)8(2)10-7-11/h7-8H,1-4H3,(H,10,11). The van der Waals surface area contributed by atoms with Gasteiger partial charge in [-0.3, -0.25) is 4.79 Å². The Labute approximate surface area is 68.4 Å². The molecule has 0 heterocycles. The van der Waals surface area contributed by atoms with E-state index in [0.717, 1.165) is 0 Å². The first-order valence-corrected chi connectivity index (χ1v) is 3.68. The summed E-state index contributed by atoms with van der Waals surface area (Å²) >= 11 is 0. The van der Waals surface area contributed by atoms with Crippen LogP contribution in [0.5, 0.6) is 0 Å². The number of carbonyl (C=O) groups is 1. The number of hydrogen-bond donors (Lipinski definition) is 1.